The average Bonchev–Trinajstić information content (AvgIpc) is 1.99. The zero-order chi connectivity index (χ0) is 7.98. The Balaban J connectivity index is 3.52. The van der Waals surface area contributed by atoms with Gasteiger partial charge in [0.2, 0.25) is 0 Å². The maximum atomic E-state index is 10.3. The summed E-state index contributed by atoms with van der Waals surface area (Å²) in [4.78, 5) is 14.0. The molecule has 0 rings (SSSR count). The predicted molar refractivity (Wildman–Crippen MR) is 31.8 cm³/mol. The van der Waals surface area contributed by atoms with Crippen LogP contribution in [0.4, 0.5) is 4.79 Å². The summed E-state index contributed by atoms with van der Waals surface area (Å²) in [5.74, 6) is 4.45. The first kappa shape index (κ1) is 9.15. The van der Waals surface area contributed by atoms with E-state index in [1.54, 1.807) is 0 Å². The van der Waals surface area contributed by atoms with E-state index in [-0.39, 0.29) is 13.2 Å². The largest absolute Gasteiger partial charge is 0.426 e. The Kier molecular flexibility index (Phi) is 4.55. The number of nitrogens with one attached hydrogen (secondary N) is 1. The topological polar surface area (TPSA) is 105 Å². The van der Waals surface area contributed by atoms with Crippen LogP contribution in [0.5, 0.6) is 0 Å². The van der Waals surface area contributed by atoms with E-state index in [9.17, 15) is 4.79 Å². The van der Waals surface area contributed by atoms with Crippen LogP contribution in [-0.4, -0.2) is 35.6 Å². The number of nitrogens with two attached hydrogens (primary N) is 1. The fourth-order valence-corrected chi connectivity index (χ4v) is 0.350. The van der Waals surface area contributed by atoms with E-state index in [2.05, 4.69) is 16.1 Å². The Morgan fingerprint density at radius 3 is 2.40 bits per heavy atom. The first-order valence-corrected chi connectivity index (χ1v) is 2.63. The smallest absolute Gasteiger partial charge is 0.394 e. The van der Waals surface area contributed by atoms with Crippen molar-refractivity contribution in [1.29, 1.82) is 0 Å². The first-order chi connectivity index (χ1) is 4.74. The van der Waals surface area contributed by atoms with Gasteiger partial charge in [0, 0.05) is 0 Å². The number of rotatable bonds is 3. The van der Waals surface area contributed by atoms with Crippen LogP contribution in [0.3, 0.4) is 0 Å². The summed E-state index contributed by atoms with van der Waals surface area (Å²) >= 11 is 0. The molecule has 1 amide bonds. The monoisotopic (exact) mass is 150 g/mol. The fraction of sp³-hybridized carbons (Fsp3) is 0.750. The van der Waals surface area contributed by atoms with Crippen molar-refractivity contribution in [1.82, 2.24) is 5.32 Å². The molecule has 0 aliphatic carbocycles. The summed E-state index contributed by atoms with van der Waals surface area (Å²) in [6, 6.07) is -0.712. The molecule has 6 nitrogen and oxygen atoms in total. The van der Waals surface area contributed by atoms with Crippen LogP contribution in [0.1, 0.15) is 0 Å². The number of carbonyl (C=O) groups excluding carboxylic acids is 1. The summed E-state index contributed by atoms with van der Waals surface area (Å²) < 4.78 is 0. The second-order valence-electron chi connectivity index (χ2n) is 1.61. The van der Waals surface area contributed by atoms with E-state index in [4.69, 9.17) is 10.2 Å². The molecular weight excluding hydrogens is 140 g/mol. The van der Waals surface area contributed by atoms with Crippen molar-refractivity contribution in [2.24, 2.45) is 5.90 Å². The summed E-state index contributed by atoms with van der Waals surface area (Å²) in [6.07, 6.45) is -0.881. The summed E-state index contributed by atoms with van der Waals surface area (Å²) in [5.41, 5.74) is 0. The second kappa shape index (κ2) is 4.98. The molecule has 0 radical (unpaired) electrons. The molecule has 0 aliphatic rings. The molecule has 0 atom stereocenters. The highest BCUT2D eigenvalue weighted by Gasteiger charge is 2.08. The predicted octanol–water partition coefficient (Wildman–Crippen LogP) is -2.06. The van der Waals surface area contributed by atoms with Crippen LogP contribution < -0.4 is 11.2 Å². The van der Waals surface area contributed by atoms with E-state index in [1.165, 1.54) is 0 Å². The average molecular weight is 150 g/mol. The highest BCUT2D eigenvalue weighted by atomic mass is 16.7. The molecule has 0 heterocycles. The van der Waals surface area contributed by atoms with Crippen molar-refractivity contribution < 1.29 is 19.8 Å². The minimum atomic E-state index is -0.881. The van der Waals surface area contributed by atoms with Gasteiger partial charge in [-0.15, -0.1) is 0 Å². The zero-order valence-electron chi connectivity index (χ0n) is 5.28. The maximum absolute atomic E-state index is 10.3. The SMILES string of the molecule is NOC(=O)NC(CO)CO. The molecule has 0 saturated heterocycles. The van der Waals surface area contributed by atoms with Gasteiger partial charge in [0.1, 0.15) is 0 Å². The van der Waals surface area contributed by atoms with Gasteiger partial charge in [-0.3, -0.25) is 0 Å². The van der Waals surface area contributed by atoms with Crippen molar-refractivity contribution in [3.63, 3.8) is 0 Å². The lowest BCUT2D eigenvalue weighted by molar-refractivity contribution is 0.122. The number of carbonyl (C=O) groups is 1. The van der Waals surface area contributed by atoms with E-state index in [0.717, 1.165) is 0 Å². The standard InChI is InChI=1S/C4H10N2O4/c5-10-4(9)6-3(1-7)2-8/h3,7-8H,1-2,5H2,(H,6,9). The number of aliphatic hydroxyl groups excluding tert-OH is 2. The zero-order valence-corrected chi connectivity index (χ0v) is 5.28. The summed E-state index contributed by atoms with van der Waals surface area (Å²) in [5, 5.41) is 18.9. The molecule has 5 N–H and O–H groups in total. The van der Waals surface area contributed by atoms with Crippen LogP contribution in [-0.2, 0) is 4.84 Å². The molecule has 0 aromatic carbocycles. The van der Waals surface area contributed by atoms with Crippen LogP contribution in [0.2, 0.25) is 0 Å². The molecule has 0 aliphatic heterocycles. The van der Waals surface area contributed by atoms with Crippen molar-refractivity contribution in [2.45, 2.75) is 6.04 Å². The Morgan fingerprint density at radius 1 is 1.60 bits per heavy atom. The van der Waals surface area contributed by atoms with Crippen molar-refractivity contribution in [3.05, 3.63) is 0 Å². The minimum absolute atomic E-state index is 0.356. The lowest BCUT2D eigenvalue weighted by Crippen LogP contribution is -2.41. The fourth-order valence-electron chi connectivity index (χ4n) is 0.350. The van der Waals surface area contributed by atoms with E-state index in [0.29, 0.717) is 0 Å². The molecule has 10 heavy (non-hydrogen) atoms. The molecular formula is C4H10N2O4. The minimum Gasteiger partial charge on any atom is -0.394 e. The van der Waals surface area contributed by atoms with Crippen LogP contribution in [0, 0.1) is 0 Å². The van der Waals surface area contributed by atoms with Crippen molar-refractivity contribution in [2.75, 3.05) is 13.2 Å². The quantitative estimate of drug-likeness (QED) is 0.346. The van der Waals surface area contributed by atoms with Crippen molar-refractivity contribution >= 4 is 6.09 Å². The van der Waals surface area contributed by atoms with Crippen LogP contribution in [0.15, 0.2) is 0 Å². The molecule has 60 valence electrons. The molecule has 0 unspecified atom stereocenters. The summed E-state index contributed by atoms with van der Waals surface area (Å²) in [7, 11) is 0. The van der Waals surface area contributed by atoms with E-state index < -0.39 is 12.1 Å². The second-order valence-corrected chi connectivity index (χ2v) is 1.61. The number of hydrogen-bond acceptors (Lipinski definition) is 5. The van der Waals surface area contributed by atoms with Gasteiger partial charge in [-0.25, -0.2) is 4.79 Å². The molecule has 0 bridgehead atoms. The third-order valence-corrected chi connectivity index (χ3v) is 0.870. The summed E-state index contributed by atoms with van der Waals surface area (Å²) in [6.45, 7) is -0.711. The molecule has 0 fully saturated rings. The van der Waals surface area contributed by atoms with Gasteiger partial charge in [0.15, 0.2) is 0 Å². The van der Waals surface area contributed by atoms with Gasteiger partial charge in [-0.1, -0.05) is 0 Å². The van der Waals surface area contributed by atoms with Gasteiger partial charge in [0.25, 0.3) is 0 Å². The molecule has 0 aromatic heterocycles. The van der Waals surface area contributed by atoms with Gasteiger partial charge < -0.3 is 20.4 Å². The number of amides is 1. The molecule has 0 aromatic rings. The molecule has 0 spiro atoms. The Hall–Kier alpha value is -0.850. The first-order valence-electron chi connectivity index (χ1n) is 2.63. The Labute approximate surface area is 57.5 Å². The molecule has 0 saturated carbocycles. The van der Waals surface area contributed by atoms with Crippen LogP contribution >= 0.6 is 0 Å². The van der Waals surface area contributed by atoms with Crippen molar-refractivity contribution in [3.8, 4) is 0 Å². The number of hydrogen-bond donors (Lipinski definition) is 4. The third-order valence-electron chi connectivity index (χ3n) is 0.870. The highest BCUT2D eigenvalue weighted by molar-refractivity contribution is 5.67. The van der Waals surface area contributed by atoms with Gasteiger partial charge in [-0.2, -0.15) is 5.90 Å². The van der Waals surface area contributed by atoms with Gasteiger partial charge >= 0.3 is 6.09 Å². The highest BCUT2D eigenvalue weighted by Crippen LogP contribution is 1.79. The lowest BCUT2D eigenvalue weighted by Gasteiger charge is -2.10. The Bertz CT molecular complexity index is 103. The molecule has 6 heteroatoms. The Morgan fingerprint density at radius 2 is 2.10 bits per heavy atom. The van der Waals surface area contributed by atoms with E-state index >= 15 is 0 Å². The normalized spacial score (nSPS) is 9.60. The third kappa shape index (κ3) is 3.23. The lowest BCUT2D eigenvalue weighted by atomic mass is 10.3. The maximum Gasteiger partial charge on any atom is 0.426 e. The van der Waals surface area contributed by atoms with Crippen LogP contribution in [0.25, 0.3) is 0 Å². The number of aliphatic hydroxyl groups is 2. The van der Waals surface area contributed by atoms with Gasteiger partial charge in [-0.05, 0) is 0 Å². The van der Waals surface area contributed by atoms with E-state index in [1.807, 2.05) is 0 Å². The van der Waals surface area contributed by atoms with Gasteiger partial charge in [0.05, 0.1) is 19.3 Å².